The van der Waals surface area contributed by atoms with Crippen LogP contribution in [0.15, 0.2) is 0 Å². The summed E-state index contributed by atoms with van der Waals surface area (Å²) in [6, 6.07) is 0. The van der Waals surface area contributed by atoms with E-state index in [2.05, 4.69) is 10.1 Å². The summed E-state index contributed by atoms with van der Waals surface area (Å²) in [7, 11) is 0. The predicted octanol–water partition coefficient (Wildman–Crippen LogP) is 3.79. The van der Waals surface area contributed by atoms with E-state index < -0.39 is 52.9 Å². The number of hydrogen-bond donors (Lipinski definition) is 1. The van der Waals surface area contributed by atoms with Gasteiger partial charge in [-0.1, -0.05) is 20.8 Å². The lowest BCUT2D eigenvalue weighted by molar-refractivity contribution is -0.136. The Morgan fingerprint density at radius 3 is 1.96 bits per heavy atom. The minimum atomic E-state index is -1.79. The highest BCUT2D eigenvalue weighted by atomic mass is 19.2. The minimum absolute atomic E-state index is 0.0286. The van der Waals surface area contributed by atoms with Gasteiger partial charge in [-0.15, -0.1) is 0 Å². The summed E-state index contributed by atoms with van der Waals surface area (Å²) >= 11 is 0. The predicted molar refractivity (Wildman–Crippen MR) is 83.0 cm³/mol. The van der Waals surface area contributed by atoms with Crippen molar-refractivity contribution in [2.75, 3.05) is 6.54 Å². The Morgan fingerprint density at radius 2 is 1.48 bits per heavy atom. The molecule has 1 rings (SSSR count). The second-order valence-corrected chi connectivity index (χ2v) is 6.84. The zero-order valence-corrected chi connectivity index (χ0v) is 14.6. The second-order valence-electron chi connectivity index (χ2n) is 6.84. The summed E-state index contributed by atoms with van der Waals surface area (Å²) < 4.78 is 58.3. The van der Waals surface area contributed by atoms with Crippen LogP contribution in [0.3, 0.4) is 0 Å². The minimum Gasteiger partial charge on any atom is -0.420 e. The van der Waals surface area contributed by atoms with E-state index in [0.717, 1.165) is 13.3 Å². The van der Waals surface area contributed by atoms with Gasteiger partial charge in [0.25, 0.3) is 0 Å². The fraction of sp³-hybridized carbons (Fsp3) is 0.529. The highest BCUT2D eigenvalue weighted by Gasteiger charge is 2.26. The number of rotatable bonds is 6. The van der Waals surface area contributed by atoms with E-state index in [4.69, 9.17) is 0 Å². The van der Waals surface area contributed by atoms with Gasteiger partial charge in [0, 0.05) is 18.5 Å². The molecule has 0 bridgehead atoms. The normalized spacial score (nSPS) is 11.4. The standard InChI is InChI=1S/C17H21F4NO3/c1-9-12(18)14(20)16(15(21)13(9)19)25-11(24)6-5-10(23)22-8-7-17(2,3)4/h5-8H2,1-4H3,(H,22,23). The summed E-state index contributed by atoms with van der Waals surface area (Å²) in [6.45, 7) is 7.26. The average Bonchev–Trinajstić information content (AvgIpc) is 2.52. The van der Waals surface area contributed by atoms with E-state index in [-0.39, 0.29) is 11.8 Å². The van der Waals surface area contributed by atoms with Crippen LogP contribution in [0.4, 0.5) is 17.6 Å². The molecule has 1 N–H and O–H groups in total. The monoisotopic (exact) mass is 363 g/mol. The zero-order valence-electron chi connectivity index (χ0n) is 14.6. The summed E-state index contributed by atoms with van der Waals surface area (Å²) in [5, 5.41) is 2.59. The lowest BCUT2D eigenvalue weighted by Gasteiger charge is -2.17. The molecule has 0 atom stereocenters. The molecule has 0 radical (unpaired) electrons. The third kappa shape index (κ3) is 6.03. The zero-order chi connectivity index (χ0) is 19.4. The lowest BCUT2D eigenvalue weighted by Crippen LogP contribution is -2.28. The van der Waals surface area contributed by atoms with Gasteiger partial charge in [0.2, 0.25) is 23.3 Å². The van der Waals surface area contributed by atoms with Gasteiger partial charge < -0.3 is 10.1 Å². The third-order valence-electron chi connectivity index (χ3n) is 3.41. The fourth-order valence-corrected chi connectivity index (χ4v) is 1.86. The van der Waals surface area contributed by atoms with Crippen molar-refractivity contribution in [3.8, 4) is 5.75 Å². The third-order valence-corrected chi connectivity index (χ3v) is 3.41. The fourth-order valence-electron chi connectivity index (χ4n) is 1.86. The summed E-state index contributed by atoms with van der Waals surface area (Å²) in [4.78, 5) is 23.2. The summed E-state index contributed by atoms with van der Waals surface area (Å²) in [5.41, 5.74) is -0.825. The molecule has 0 unspecified atom stereocenters. The van der Waals surface area contributed by atoms with Gasteiger partial charge in [-0.25, -0.2) is 8.78 Å². The average molecular weight is 363 g/mol. The first kappa shape index (κ1) is 20.9. The number of hydrogen-bond acceptors (Lipinski definition) is 3. The smallest absolute Gasteiger partial charge is 0.311 e. The Hall–Kier alpha value is -2.12. The van der Waals surface area contributed by atoms with Gasteiger partial charge in [-0.2, -0.15) is 8.78 Å². The van der Waals surface area contributed by atoms with Gasteiger partial charge >= 0.3 is 5.97 Å². The van der Waals surface area contributed by atoms with E-state index in [9.17, 15) is 27.2 Å². The molecule has 0 aliphatic heterocycles. The number of ether oxygens (including phenoxy) is 1. The molecule has 0 aromatic heterocycles. The number of benzene rings is 1. The first-order valence-corrected chi connectivity index (χ1v) is 7.74. The van der Waals surface area contributed by atoms with Crippen LogP contribution in [0.1, 0.15) is 45.6 Å². The van der Waals surface area contributed by atoms with Crippen molar-refractivity contribution in [1.29, 1.82) is 0 Å². The highest BCUT2D eigenvalue weighted by Crippen LogP contribution is 2.29. The topological polar surface area (TPSA) is 55.4 Å². The first-order valence-electron chi connectivity index (χ1n) is 7.74. The largest absolute Gasteiger partial charge is 0.420 e. The molecule has 1 aromatic carbocycles. The molecule has 0 heterocycles. The highest BCUT2D eigenvalue weighted by molar-refractivity contribution is 5.82. The van der Waals surface area contributed by atoms with Gasteiger partial charge in [0.05, 0.1) is 6.42 Å². The molecule has 0 spiro atoms. The van der Waals surface area contributed by atoms with Crippen molar-refractivity contribution in [2.24, 2.45) is 5.41 Å². The number of carbonyl (C=O) groups excluding carboxylic acids is 2. The molecule has 4 nitrogen and oxygen atoms in total. The van der Waals surface area contributed by atoms with Gasteiger partial charge in [-0.3, -0.25) is 9.59 Å². The number of carbonyl (C=O) groups is 2. The number of halogens is 4. The number of esters is 1. The molecule has 0 saturated carbocycles. The van der Waals surface area contributed by atoms with Crippen LogP contribution in [0, 0.1) is 35.6 Å². The molecule has 0 aliphatic rings. The van der Waals surface area contributed by atoms with Crippen LogP contribution in [-0.2, 0) is 9.59 Å². The van der Waals surface area contributed by atoms with Crippen molar-refractivity contribution in [2.45, 2.75) is 47.0 Å². The first-order chi connectivity index (χ1) is 11.4. The van der Waals surface area contributed by atoms with Crippen LogP contribution in [0.5, 0.6) is 5.75 Å². The second kappa shape index (κ2) is 8.31. The van der Waals surface area contributed by atoms with Gasteiger partial charge in [-0.05, 0) is 18.8 Å². The SMILES string of the molecule is Cc1c(F)c(F)c(OC(=O)CCC(=O)NCCC(C)(C)C)c(F)c1F. The van der Waals surface area contributed by atoms with E-state index >= 15 is 0 Å². The van der Waals surface area contributed by atoms with Crippen LogP contribution in [0.25, 0.3) is 0 Å². The Balaban J connectivity index is 2.60. The van der Waals surface area contributed by atoms with Crippen LogP contribution in [-0.4, -0.2) is 18.4 Å². The molecular formula is C17H21F4NO3. The number of amides is 1. The van der Waals surface area contributed by atoms with E-state index in [1.165, 1.54) is 0 Å². The number of nitrogens with one attached hydrogen (secondary N) is 1. The molecule has 8 heteroatoms. The Bertz CT molecular complexity index is 640. The van der Waals surface area contributed by atoms with Crippen molar-refractivity contribution < 1.29 is 31.9 Å². The van der Waals surface area contributed by atoms with Crippen molar-refractivity contribution in [3.05, 3.63) is 28.8 Å². The van der Waals surface area contributed by atoms with E-state index in [1.54, 1.807) is 0 Å². The molecular weight excluding hydrogens is 342 g/mol. The molecule has 140 valence electrons. The Morgan fingerprint density at radius 1 is 0.960 bits per heavy atom. The van der Waals surface area contributed by atoms with Crippen LogP contribution < -0.4 is 10.1 Å². The Labute approximate surface area is 143 Å². The molecule has 1 aromatic rings. The van der Waals surface area contributed by atoms with Crippen molar-refractivity contribution >= 4 is 11.9 Å². The maximum absolute atomic E-state index is 13.6. The van der Waals surface area contributed by atoms with Crippen molar-refractivity contribution in [1.82, 2.24) is 5.32 Å². The summed E-state index contributed by atoms with van der Waals surface area (Å²) in [5.74, 6) is -9.92. The maximum atomic E-state index is 13.6. The van der Waals surface area contributed by atoms with Gasteiger partial charge in [0.15, 0.2) is 11.6 Å². The lowest BCUT2D eigenvalue weighted by atomic mass is 9.92. The van der Waals surface area contributed by atoms with E-state index in [1.807, 2.05) is 20.8 Å². The van der Waals surface area contributed by atoms with E-state index in [0.29, 0.717) is 6.54 Å². The van der Waals surface area contributed by atoms with Crippen LogP contribution in [0.2, 0.25) is 0 Å². The Kier molecular flexibility index (Phi) is 6.96. The summed E-state index contributed by atoms with van der Waals surface area (Å²) in [6.07, 6.45) is -0.0398. The van der Waals surface area contributed by atoms with Crippen molar-refractivity contribution in [3.63, 3.8) is 0 Å². The maximum Gasteiger partial charge on any atom is 0.311 e. The molecule has 1 amide bonds. The van der Waals surface area contributed by atoms with Crippen LogP contribution >= 0.6 is 0 Å². The molecule has 0 aliphatic carbocycles. The quantitative estimate of drug-likeness (QED) is 0.362. The molecule has 25 heavy (non-hydrogen) atoms. The van der Waals surface area contributed by atoms with Gasteiger partial charge in [0.1, 0.15) is 0 Å². The molecule has 0 fully saturated rings. The molecule has 0 saturated heterocycles.